The zero-order valence-electron chi connectivity index (χ0n) is 23.1. The van der Waals surface area contributed by atoms with E-state index in [4.69, 9.17) is 4.74 Å². The number of aliphatic hydroxyl groups is 1. The van der Waals surface area contributed by atoms with Crippen molar-refractivity contribution in [1.82, 2.24) is 4.98 Å². The summed E-state index contributed by atoms with van der Waals surface area (Å²) < 4.78 is 5.91. The number of aliphatic hydroxyl groups excluding tert-OH is 1. The van der Waals surface area contributed by atoms with Crippen LogP contribution in [0.4, 0.5) is 5.69 Å². The number of hydrogen-bond donors (Lipinski definition) is 1. The molecular weight excluding hydrogens is 500 g/mol. The molecule has 1 unspecified atom stereocenters. The number of benzene rings is 3. The number of ether oxygens (including phenoxy) is 1. The number of pyridine rings is 1. The Morgan fingerprint density at radius 3 is 2.33 bits per heavy atom. The van der Waals surface area contributed by atoms with Crippen LogP contribution in [0.25, 0.3) is 5.76 Å². The van der Waals surface area contributed by atoms with Crippen molar-refractivity contribution in [2.75, 3.05) is 4.90 Å². The van der Waals surface area contributed by atoms with Crippen molar-refractivity contribution >= 4 is 23.1 Å². The lowest BCUT2D eigenvalue weighted by atomic mass is 9.84. The molecule has 6 heteroatoms. The minimum Gasteiger partial charge on any atom is -0.507 e. The summed E-state index contributed by atoms with van der Waals surface area (Å²) in [5.41, 5.74) is 4.40. The molecule has 1 aliphatic heterocycles. The minimum atomic E-state index is -0.845. The molecule has 0 aliphatic carbocycles. The highest BCUT2D eigenvalue weighted by atomic mass is 16.5. The lowest BCUT2D eigenvalue weighted by Gasteiger charge is -2.26. The minimum absolute atomic E-state index is 0.0385. The monoisotopic (exact) mass is 532 g/mol. The molecule has 1 atom stereocenters. The Morgan fingerprint density at radius 2 is 1.68 bits per heavy atom. The average Bonchev–Trinajstić information content (AvgIpc) is 3.22. The first-order valence-electron chi connectivity index (χ1n) is 13.2. The number of hydrogen-bond acceptors (Lipinski definition) is 5. The van der Waals surface area contributed by atoms with Crippen LogP contribution in [-0.2, 0) is 21.6 Å². The third kappa shape index (κ3) is 5.25. The summed E-state index contributed by atoms with van der Waals surface area (Å²) in [5.74, 6) is -1.01. The predicted octanol–water partition coefficient (Wildman–Crippen LogP) is 6.89. The van der Waals surface area contributed by atoms with Crippen LogP contribution in [-0.4, -0.2) is 21.8 Å². The van der Waals surface area contributed by atoms with E-state index in [1.54, 1.807) is 48.8 Å². The summed E-state index contributed by atoms with van der Waals surface area (Å²) in [7, 11) is 0. The summed E-state index contributed by atoms with van der Waals surface area (Å²) in [5, 5.41) is 11.6. The summed E-state index contributed by atoms with van der Waals surface area (Å²) >= 11 is 0. The third-order valence-corrected chi connectivity index (χ3v) is 7.17. The van der Waals surface area contributed by atoms with Gasteiger partial charge in [-0.25, -0.2) is 0 Å². The predicted molar refractivity (Wildman–Crippen MR) is 156 cm³/mol. The molecule has 1 saturated heterocycles. The van der Waals surface area contributed by atoms with Gasteiger partial charge in [0.05, 0.1) is 11.6 Å². The van der Waals surface area contributed by atoms with Gasteiger partial charge in [0.2, 0.25) is 0 Å². The Morgan fingerprint density at radius 1 is 0.950 bits per heavy atom. The number of Topliss-reactive ketones (excluding diaryl/α,β-unsaturated/α-hetero) is 1. The molecule has 1 amide bonds. The molecule has 1 N–H and O–H groups in total. The standard InChI is InChI=1S/C34H32N2O4/c1-22-12-13-25(34(2,3)4)19-28(22)31(37)29-30(24-11-8-18-35-20-24)36(33(39)32(29)38)26-14-16-27(17-15-26)40-21-23-9-6-5-7-10-23/h5-20,30,37H,21H2,1-4H3/b31-29+. The van der Waals surface area contributed by atoms with E-state index in [2.05, 4.69) is 25.8 Å². The van der Waals surface area contributed by atoms with Crippen molar-refractivity contribution < 1.29 is 19.4 Å². The van der Waals surface area contributed by atoms with Gasteiger partial charge in [-0.2, -0.15) is 0 Å². The van der Waals surface area contributed by atoms with Gasteiger partial charge in [0.15, 0.2) is 0 Å². The molecule has 0 radical (unpaired) electrons. The first-order valence-corrected chi connectivity index (χ1v) is 13.2. The highest BCUT2D eigenvalue weighted by Gasteiger charge is 2.47. The molecule has 0 bridgehead atoms. The zero-order valence-corrected chi connectivity index (χ0v) is 23.1. The van der Waals surface area contributed by atoms with Gasteiger partial charge in [-0.1, -0.05) is 69.3 Å². The highest BCUT2D eigenvalue weighted by Crippen LogP contribution is 2.43. The number of amides is 1. The van der Waals surface area contributed by atoms with Gasteiger partial charge in [0.1, 0.15) is 18.1 Å². The molecule has 6 nitrogen and oxygen atoms in total. The largest absolute Gasteiger partial charge is 0.507 e. The number of anilines is 1. The number of ketones is 1. The van der Waals surface area contributed by atoms with Gasteiger partial charge < -0.3 is 9.84 Å². The summed E-state index contributed by atoms with van der Waals surface area (Å²) in [4.78, 5) is 32.7. The lowest BCUT2D eigenvalue weighted by molar-refractivity contribution is -0.132. The topological polar surface area (TPSA) is 79.7 Å². The van der Waals surface area contributed by atoms with Crippen LogP contribution in [0.2, 0.25) is 0 Å². The van der Waals surface area contributed by atoms with Crippen molar-refractivity contribution in [2.24, 2.45) is 0 Å². The second kappa shape index (κ2) is 10.8. The van der Waals surface area contributed by atoms with Gasteiger partial charge in [-0.15, -0.1) is 0 Å². The van der Waals surface area contributed by atoms with Crippen LogP contribution in [0, 0.1) is 6.92 Å². The summed E-state index contributed by atoms with van der Waals surface area (Å²) in [6.07, 6.45) is 3.25. The molecule has 1 aliphatic rings. The molecule has 202 valence electrons. The third-order valence-electron chi connectivity index (χ3n) is 7.17. The number of aryl methyl sites for hydroxylation is 1. The van der Waals surface area contributed by atoms with Gasteiger partial charge in [0, 0.05) is 23.6 Å². The first-order chi connectivity index (χ1) is 19.1. The molecule has 2 heterocycles. The zero-order chi connectivity index (χ0) is 28.4. The van der Waals surface area contributed by atoms with Crippen molar-refractivity contribution in [3.63, 3.8) is 0 Å². The van der Waals surface area contributed by atoms with Gasteiger partial charge >= 0.3 is 0 Å². The van der Waals surface area contributed by atoms with E-state index in [9.17, 15) is 14.7 Å². The molecule has 4 aromatic rings. The Balaban J connectivity index is 1.56. The highest BCUT2D eigenvalue weighted by molar-refractivity contribution is 6.51. The Kier molecular flexibility index (Phi) is 7.26. The van der Waals surface area contributed by atoms with Gasteiger partial charge in [0.25, 0.3) is 11.7 Å². The number of rotatable bonds is 6. The van der Waals surface area contributed by atoms with E-state index >= 15 is 0 Å². The SMILES string of the molecule is Cc1ccc(C(C)(C)C)cc1/C(O)=C1\C(=O)C(=O)N(c2ccc(OCc3ccccc3)cc2)C1c1cccnc1. The average molecular weight is 533 g/mol. The second-order valence-corrected chi connectivity index (χ2v) is 11.0. The molecule has 1 fully saturated rings. The maximum atomic E-state index is 13.6. The van der Waals surface area contributed by atoms with Crippen molar-refractivity contribution in [2.45, 2.75) is 45.8 Å². The molecule has 40 heavy (non-hydrogen) atoms. The van der Waals surface area contributed by atoms with Crippen molar-refractivity contribution in [3.8, 4) is 5.75 Å². The van der Waals surface area contributed by atoms with Crippen LogP contribution < -0.4 is 9.64 Å². The number of nitrogens with zero attached hydrogens (tertiary/aromatic N) is 2. The molecule has 0 saturated carbocycles. The maximum absolute atomic E-state index is 13.6. The van der Waals surface area contributed by atoms with E-state index in [-0.39, 0.29) is 16.7 Å². The number of aromatic nitrogens is 1. The Bertz CT molecular complexity index is 1570. The van der Waals surface area contributed by atoms with E-state index < -0.39 is 17.7 Å². The van der Waals surface area contributed by atoms with Crippen molar-refractivity contribution in [1.29, 1.82) is 0 Å². The molecule has 1 aromatic heterocycles. The fourth-order valence-corrected chi connectivity index (χ4v) is 4.88. The second-order valence-electron chi connectivity index (χ2n) is 11.0. The molecule has 5 rings (SSSR count). The van der Waals surface area contributed by atoms with Crippen LogP contribution in [0.1, 0.15) is 54.6 Å². The van der Waals surface area contributed by atoms with E-state index in [1.807, 2.05) is 55.5 Å². The van der Waals surface area contributed by atoms with Gasteiger partial charge in [-0.05, 0) is 71.0 Å². The van der Waals surface area contributed by atoms with Gasteiger partial charge in [-0.3, -0.25) is 19.5 Å². The molecule has 3 aromatic carbocycles. The van der Waals surface area contributed by atoms with Crippen LogP contribution in [0.5, 0.6) is 5.75 Å². The molecular formula is C34H32N2O4. The van der Waals surface area contributed by atoms with E-state index in [0.29, 0.717) is 29.2 Å². The van der Waals surface area contributed by atoms with E-state index in [0.717, 1.165) is 16.7 Å². The van der Waals surface area contributed by atoms with E-state index in [1.165, 1.54) is 4.90 Å². The van der Waals surface area contributed by atoms with Crippen LogP contribution >= 0.6 is 0 Å². The molecule has 0 spiro atoms. The number of carbonyl (C=O) groups is 2. The Hall–Kier alpha value is -4.71. The fourth-order valence-electron chi connectivity index (χ4n) is 4.88. The van der Waals surface area contributed by atoms with Crippen LogP contribution in [0.3, 0.4) is 0 Å². The quantitative estimate of drug-likeness (QED) is 0.166. The summed E-state index contributed by atoms with van der Waals surface area (Å²) in [6, 6.07) is 25.4. The first kappa shape index (κ1) is 26.9. The number of carbonyl (C=O) groups excluding carboxylic acids is 2. The van der Waals surface area contributed by atoms with Crippen LogP contribution in [0.15, 0.2) is 103 Å². The normalized spacial score (nSPS) is 16.8. The smallest absolute Gasteiger partial charge is 0.300 e. The summed E-state index contributed by atoms with van der Waals surface area (Å²) in [6.45, 7) is 8.55. The lowest BCUT2D eigenvalue weighted by Crippen LogP contribution is -2.29. The fraction of sp³-hybridized carbons (Fsp3) is 0.206. The maximum Gasteiger partial charge on any atom is 0.300 e. The van der Waals surface area contributed by atoms with Crippen molar-refractivity contribution in [3.05, 3.63) is 131 Å². The Labute approximate surface area is 234 Å².